The molecule has 28 heavy (non-hydrogen) atoms. The quantitative estimate of drug-likeness (QED) is 0.709. The maximum atomic E-state index is 12.8. The lowest BCUT2D eigenvalue weighted by molar-refractivity contribution is -0.274. The van der Waals surface area contributed by atoms with Crippen molar-refractivity contribution in [2.45, 2.75) is 6.36 Å². The van der Waals surface area contributed by atoms with Gasteiger partial charge in [-0.1, -0.05) is 6.07 Å². The van der Waals surface area contributed by atoms with E-state index < -0.39 is 28.0 Å². The number of anilines is 1. The number of alkyl halides is 3. The second kappa shape index (κ2) is 7.92. The molecule has 0 bridgehead atoms. The van der Waals surface area contributed by atoms with Gasteiger partial charge >= 0.3 is 6.36 Å². The third-order valence-electron chi connectivity index (χ3n) is 3.27. The third-order valence-corrected chi connectivity index (χ3v) is 4.29. The molecule has 0 saturated carbocycles. The van der Waals surface area contributed by atoms with Crippen molar-refractivity contribution in [3.05, 3.63) is 42.0 Å². The van der Waals surface area contributed by atoms with Crippen LogP contribution in [0.25, 0.3) is 0 Å². The molecule has 1 aromatic carbocycles. The molecule has 0 aliphatic carbocycles. The van der Waals surface area contributed by atoms with E-state index in [1.807, 2.05) is 0 Å². The lowest BCUT2D eigenvalue weighted by atomic mass is 10.2. The van der Waals surface area contributed by atoms with Crippen molar-refractivity contribution >= 4 is 21.6 Å². The summed E-state index contributed by atoms with van der Waals surface area (Å²) in [6, 6.07) is 6.54. The highest BCUT2D eigenvalue weighted by atomic mass is 32.2. The standard InChI is InChI=1S/C16H15F3N2O6S/c1-25-13-8-7-12(14(20-13)26-2)21(28(3,23)24)15(22)10-5-4-6-11(9-10)27-16(17,18)19/h4-9H,1-3H3. The van der Waals surface area contributed by atoms with E-state index in [9.17, 15) is 26.4 Å². The van der Waals surface area contributed by atoms with Crippen LogP contribution in [0.5, 0.6) is 17.5 Å². The van der Waals surface area contributed by atoms with Gasteiger partial charge in [0.05, 0.1) is 20.5 Å². The predicted molar refractivity (Wildman–Crippen MR) is 92.1 cm³/mol. The first kappa shape index (κ1) is 21.3. The first-order valence-corrected chi connectivity index (χ1v) is 9.30. The van der Waals surface area contributed by atoms with Crippen LogP contribution in [0.1, 0.15) is 10.4 Å². The van der Waals surface area contributed by atoms with Crippen molar-refractivity contribution in [3.8, 4) is 17.5 Å². The van der Waals surface area contributed by atoms with Crippen LogP contribution >= 0.6 is 0 Å². The smallest absolute Gasteiger partial charge is 0.481 e. The zero-order valence-electron chi connectivity index (χ0n) is 14.9. The average molecular weight is 420 g/mol. The Kier molecular flexibility index (Phi) is 6.02. The summed E-state index contributed by atoms with van der Waals surface area (Å²) in [7, 11) is -1.68. The van der Waals surface area contributed by atoms with Crippen LogP contribution in [-0.2, 0) is 10.0 Å². The van der Waals surface area contributed by atoms with E-state index in [4.69, 9.17) is 9.47 Å². The SMILES string of the molecule is COc1ccc(N(C(=O)c2cccc(OC(F)(F)F)c2)S(C)(=O)=O)c(OC)n1. The second-order valence-corrected chi connectivity index (χ2v) is 7.12. The monoisotopic (exact) mass is 420 g/mol. The fraction of sp³-hybridized carbons (Fsp3) is 0.250. The zero-order valence-corrected chi connectivity index (χ0v) is 15.7. The van der Waals surface area contributed by atoms with Crippen molar-refractivity contribution in [2.24, 2.45) is 0 Å². The summed E-state index contributed by atoms with van der Waals surface area (Å²) in [5, 5.41) is 0. The summed E-state index contributed by atoms with van der Waals surface area (Å²) in [6.45, 7) is 0. The maximum absolute atomic E-state index is 12.8. The number of amides is 1. The first-order chi connectivity index (χ1) is 13.0. The van der Waals surface area contributed by atoms with Gasteiger partial charge in [0.1, 0.15) is 11.4 Å². The zero-order chi connectivity index (χ0) is 21.1. The number of aromatic nitrogens is 1. The van der Waals surface area contributed by atoms with Gasteiger partial charge in [0.15, 0.2) is 0 Å². The van der Waals surface area contributed by atoms with Gasteiger partial charge in [-0.25, -0.2) is 8.42 Å². The Hall–Kier alpha value is -3.02. The van der Waals surface area contributed by atoms with Crippen molar-refractivity contribution in [1.29, 1.82) is 0 Å². The van der Waals surface area contributed by atoms with E-state index in [2.05, 4.69) is 9.72 Å². The Morgan fingerprint density at radius 1 is 1.11 bits per heavy atom. The molecule has 0 radical (unpaired) electrons. The van der Waals surface area contributed by atoms with E-state index in [1.54, 1.807) is 0 Å². The molecule has 0 atom stereocenters. The molecule has 0 spiro atoms. The van der Waals surface area contributed by atoms with Gasteiger partial charge in [-0.05, 0) is 24.3 Å². The summed E-state index contributed by atoms with van der Waals surface area (Å²) in [5.41, 5.74) is -0.594. The molecule has 1 amide bonds. The number of hydrogen-bond acceptors (Lipinski definition) is 7. The third kappa shape index (κ3) is 5.03. The van der Waals surface area contributed by atoms with E-state index in [0.29, 0.717) is 4.31 Å². The molecule has 1 aromatic heterocycles. The molecular formula is C16H15F3N2O6S. The number of nitrogens with zero attached hydrogens (tertiary/aromatic N) is 2. The van der Waals surface area contributed by atoms with Crippen molar-refractivity contribution in [1.82, 2.24) is 4.98 Å². The molecule has 0 unspecified atom stereocenters. The number of carbonyl (C=O) groups excluding carboxylic acids is 1. The molecule has 1 heterocycles. The molecule has 2 aromatic rings. The van der Waals surface area contributed by atoms with Crippen LogP contribution in [0.15, 0.2) is 36.4 Å². The number of carbonyl (C=O) groups is 1. The minimum Gasteiger partial charge on any atom is -0.481 e. The van der Waals surface area contributed by atoms with Crippen molar-refractivity contribution in [3.63, 3.8) is 0 Å². The summed E-state index contributed by atoms with van der Waals surface area (Å²) in [4.78, 5) is 16.7. The minimum absolute atomic E-state index is 0.0991. The van der Waals surface area contributed by atoms with Gasteiger partial charge in [-0.3, -0.25) is 4.79 Å². The highest BCUT2D eigenvalue weighted by Gasteiger charge is 2.33. The Balaban J connectivity index is 2.54. The van der Waals surface area contributed by atoms with Gasteiger partial charge in [-0.15, -0.1) is 13.2 Å². The summed E-state index contributed by atoms with van der Waals surface area (Å²) in [5.74, 6) is -1.94. The first-order valence-electron chi connectivity index (χ1n) is 7.45. The molecule has 0 fully saturated rings. The van der Waals surface area contributed by atoms with Gasteiger partial charge in [-0.2, -0.15) is 9.29 Å². The van der Waals surface area contributed by atoms with Crippen LogP contribution in [0.4, 0.5) is 18.9 Å². The van der Waals surface area contributed by atoms with Crippen LogP contribution in [-0.4, -0.2) is 46.1 Å². The molecule has 12 heteroatoms. The molecule has 152 valence electrons. The number of benzene rings is 1. The summed E-state index contributed by atoms with van der Waals surface area (Å²) >= 11 is 0. The minimum atomic E-state index is -4.97. The van der Waals surface area contributed by atoms with Gasteiger partial charge in [0.2, 0.25) is 21.8 Å². The summed E-state index contributed by atoms with van der Waals surface area (Å²) < 4.78 is 75.8. The van der Waals surface area contributed by atoms with Gasteiger partial charge in [0, 0.05) is 11.6 Å². The average Bonchev–Trinajstić information content (AvgIpc) is 2.59. The Morgan fingerprint density at radius 3 is 2.32 bits per heavy atom. The predicted octanol–water partition coefficient (Wildman–Crippen LogP) is 2.60. The Bertz CT molecular complexity index is 979. The van der Waals surface area contributed by atoms with E-state index in [-0.39, 0.29) is 23.0 Å². The lowest BCUT2D eigenvalue weighted by Gasteiger charge is -2.22. The summed E-state index contributed by atoms with van der Waals surface area (Å²) in [6.07, 6.45) is -4.22. The normalized spacial score (nSPS) is 11.6. The molecule has 0 aliphatic heterocycles. The van der Waals surface area contributed by atoms with E-state index in [0.717, 1.165) is 30.5 Å². The van der Waals surface area contributed by atoms with E-state index >= 15 is 0 Å². The van der Waals surface area contributed by atoms with Crippen LogP contribution in [0.2, 0.25) is 0 Å². The van der Waals surface area contributed by atoms with Gasteiger partial charge in [0.25, 0.3) is 5.91 Å². The topological polar surface area (TPSA) is 95.0 Å². The highest BCUT2D eigenvalue weighted by Crippen LogP contribution is 2.32. The number of halogens is 3. The number of rotatable bonds is 6. The van der Waals surface area contributed by atoms with Crippen LogP contribution in [0, 0.1) is 0 Å². The number of hydrogen-bond donors (Lipinski definition) is 0. The van der Waals surface area contributed by atoms with Crippen molar-refractivity contribution < 1.29 is 40.6 Å². The fourth-order valence-electron chi connectivity index (χ4n) is 2.22. The fourth-order valence-corrected chi connectivity index (χ4v) is 3.12. The number of pyridine rings is 1. The van der Waals surface area contributed by atoms with E-state index in [1.165, 1.54) is 26.4 Å². The van der Waals surface area contributed by atoms with Crippen molar-refractivity contribution in [2.75, 3.05) is 24.8 Å². The molecule has 8 nitrogen and oxygen atoms in total. The molecular weight excluding hydrogens is 405 g/mol. The number of sulfonamides is 1. The van der Waals surface area contributed by atoms with Gasteiger partial charge < -0.3 is 14.2 Å². The number of methoxy groups -OCH3 is 2. The molecule has 0 saturated heterocycles. The molecule has 2 rings (SSSR count). The van der Waals surface area contributed by atoms with Crippen LogP contribution < -0.4 is 18.5 Å². The Labute approximate surface area is 158 Å². The number of ether oxygens (including phenoxy) is 3. The highest BCUT2D eigenvalue weighted by molar-refractivity contribution is 7.92. The molecule has 0 N–H and O–H groups in total. The molecule has 0 aliphatic rings. The Morgan fingerprint density at radius 2 is 1.79 bits per heavy atom. The maximum Gasteiger partial charge on any atom is 0.573 e. The lowest BCUT2D eigenvalue weighted by Crippen LogP contribution is -2.36. The largest absolute Gasteiger partial charge is 0.573 e. The second-order valence-electron chi connectivity index (χ2n) is 5.29. The van der Waals surface area contributed by atoms with Crippen LogP contribution in [0.3, 0.4) is 0 Å².